The Bertz CT molecular complexity index is 300. The van der Waals surface area contributed by atoms with Crippen molar-refractivity contribution in [3.63, 3.8) is 0 Å². The van der Waals surface area contributed by atoms with Gasteiger partial charge in [-0.3, -0.25) is 0 Å². The molecule has 15 heavy (non-hydrogen) atoms. The first-order valence-electron chi connectivity index (χ1n) is 5.59. The van der Waals surface area contributed by atoms with Crippen LogP contribution in [0, 0.1) is 6.92 Å². The average Bonchev–Trinajstić information content (AvgIpc) is 2.23. The molecule has 84 valence electrons. The lowest BCUT2D eigenvalue weighted by Gasteiger charge is -2.06. The molecule has 1 rings (SSSR count). The number of ether oxygens (including phenoxy) is 1. The number of aromatic nitrogens is 1. The molecule has 0 spiro atoms. The molecule has 1 heterocycles. The average molecular weight is 208 g/mol. The summed E-state index contributed by atoms with van der Waals surface area (Å²) in [6.45, 7) is 4.91. The molecule has 0 aliphatic heterocycles. The Morgan fingerprint density at radius 3 is 2.80 bits per heavy atom. The third kappa shape index (κ3) is 4.19. The minimum atomic E-state index is 0.679. The molecule has 3 heteroatoms. The Morgan fingerprint density at radius 1 is 1.33 bits per heavy atom. The molecular formula is C12H20N2O. The molecule has 1 aromatic heterocycles. The second-order valence-electron chi connectivity index (χ2n) is 3.79. The number of rotatable bonds is 6. The molecule has 2 N–H and O–H groups in total. The SMILES string of the molecule is CCCCCCOc1cc(C)c(N)cn1. The molecule has 0 saturated carbocycles. The van der Waals surface area contributed by atoms with Gasteiger partial charge in [0, 0.05) is 6.07 Å². The minimum absolute atomic E-state index is 0.679. The topological polar surface area (TPSA) is 48.1 Å². The number of nitrogen functional groups attached to an aromatic ring is 1. The smallest absolute Gasteiger partial charge is 0.213 e. The molecule has 0 amide bonds. The number of pyridine rings is 1. The molecule has 0 radical (unpaired) electrons. The van der Waals surface area contributed by atoms with Crippen molar-refractivity contribution < 1.29 is 4.74 Å². The monoisotopic (exact) mass is 208 g/mol. The minimum Gasteiger partial charge on any atom is -0.478 e. The summed E-state index contributed by atoms with van der Waals surface area (Å²) in [5.74, 6) is 0.679. The number of nitrogens with two attached hydrogens (primary N) is 1. The summed E-state index contributed by atoms with van der Waals surface area (Å²) >= 11 is 0. The van der Waals surface area contributed by atoms with E-state index in [-0.39, 0.29) is 0 Å². The third-order valence-corrected chi connectivity index (χ3v) is 2.37. The maximum atomic E-state index is 5.67. The van der Waals surface area contributed by atoms with Crippen molar-refractivity contribution in [1.82, 2.24) is 4.98 Å². The molecule has 0 saturated heterocycles. The number of hydrogen-bond acceptors (Lipinski definition) is 3. The fraction of sp³-hybridized carbons (Fsp3) is 0.583. The van der Waals surface area contributed by atoms with E-state index in [2.05, 4.69) is 11.9 Å². The number of aryl methyl sites for hydroxylation is 1. The zero-order chi connectivity index (χ0) is 11.1. The summed E-state index contributed by atoms with van der Waals surface area (Å²) in [5.41, 5.74) is 7.40. The van der Waals surface area contributed by atoms with Gasteiger partial charge in [0.05, 0.1) is 18.5 Å². The molecule has 0 unspecified atom stereocenters. The van der Waals surface area contributed by atoms with Gasteiger partial charge in [-0.25, -0.2) is 4.98 Å². The third-order valence-electron chi connectivity index (χ3n) is 2.37. The zero-order valence-corrected chi connectivity index (χ0v) is 9.62. The number of anilines is 1. The lowest BCUT2D eigenvalue weighted by molar-refractivity contribution is 0.294. The van der Waals surface area contributed by atoms with Crippen molar-refractivity contribution in [3.8, 4) is 5.88 Å². The second kappa shape index (κ2) is 6.27. The molecule has 0 fully saturated rings. The number of nitrogens with zero attached hydrogens (tertiary/aromatic N) is 1. The predicted molar refractivity (Wildman–Crippen MR) is 63.0 cm³/mol. The van der Waals surface area contributed by atoms with Gasteiger partial charge in [-0.1, -0.05) is 26.2 Å². The van der Waals surface area contributed by atoms with Gasteiger partial charge in [-0.05, 0) is 18.9 Å². The van der Waals surface area contributed by atoms with Crippen LogP contribution in [0.3, 0.4) is 0 Å². The second-order valence-corrected chi connectivity index (χ2v) is 3.79. The Kier molecular flexibility index (Phi) is 4.95. The van der Waals surface area contributed by atoms with Crippen molar-refractivity contribution in [2.24, 2.45) is 0 Å². The largest absolute Gasteiger partial charge is 0.478 e. The molecular weight excluding hydrogens is 188 g/mol. The van der Waals surface area contributed by atoms with Gasteiger partial charge in [0.25, 0.3) is 0 Å². The molecule has 1 aromatic rings. The molecule has 0 aromatic carbocycles. The van der Waals surface area contributed by atoms with Crippen LogP contribution in [-0.4, -0.2) is 11.6 Å². The number of hydrogen-bond donors (Lipinski definition) is 1. The van der Waals surface area contributed by atoms with Crippen molar-refractivity contribution in [2.75, 3.05) is 12.3 Å². The molecule has 3 nitrogen and oxygen atoms in total. The maximum absolute atomic E-state index is 5.67. The summed E-state index contributed by atoms with van der Waals surface area (Å²) in [7, 11) is 0. The van der Waals surface area contributed by atoms with E-state index in [1.165, 1.54) is 19.3 Å². The van der Waals surface area contributed by atoms with Crippen LogP contribution in [0.2, 0.25) is 0 Å². The van der Waals surface area contributed by atoms with Crippen LogP contribution in [0.1, 0.15) is 38.2 Å². The standard InChI is InChI=1S/C12H20N2O/c1-3-4-5-6-7-15-12-8-10(2)11(13)9-14-12/h8-9H,3-7,13H2,1-2H3. The van der Waals surface area contributed by atoms with E-state index >= 15 is 0 Å². The first-order valence-corrected chi connectivity index (χ1v) is 5.59. The van der Waals surface area contributed by atoms with E-state index in [1.807, 2.05) is 13.0 Å². The van der Waals surface area contributed by atoms with Gasteiger partial charge in [0.2, 0.25) is 5.88 Å². The van der Waals surface area contributed by atoms with Crippen molar-refractivity contribution >= 4 is 5.69 Å². The van der Waals surface area contributed by atoms with Crippen LogP contribution in [0.25, 0.3) is 0 Å². The van der Waals surface area contributed by atoms with Crippen LogP contribution >= 0.6 is 0 Å². The highest BCUT2D eigenvalue weighted by molar-refractivity contribution is 5.45. The Hall–Kier alpha value is -1.25. The lowest BCUT2D eigenvalue weighted by atomic mass is 10.2. The summed E-state index contributed by atoms with van der Waals surface area (Å²) < 4.78 is 5.52. The lowest BCUT2D eigenvalue weighted by Crippen LogP contribution is -2.00. The summed E-state index contributed by atoms with van der Waals surface area (Å²) in [4.78, 5) is 4.11. The van der Waals surface area contributed by atoms with Gasteiger partial charge in [-0.15, -0.1) is 0 Å². The van der Waals surface area contributed by atoms with Crippen molar-refractivity contribution in [3.05, 3.63) is 17.8 Å². The van der Waals surface area contributed by atoms with Crippen molar-refractivity contribution in [1.29, 1.82) is 0 Å². The van der Waals surface area contributed by atoms with Gasteiger partial charge >= 0.3 is 0 Å². The Morgan fingerprint density at radius 2 is 2.13 bits per heavy atom. The van der Waals surface area contributed by atoms with Crippen LogP contribution in [0.4, 0.5) is 5.69 Å². The fourth-order valence-corrected chi connectivity index (χ4v) is 1.33. The van der Waals surface area contributed by atoms with Crippen molar-refractivity contribution in [2.45, 2.75) is 39.5 Å². The van der Waals surface area contributed by atoms with Crippen LogP contribution in [-0.2, 0) is 0 Å². The van der Waals surface area contributed by atoms with Crippen LogP contribution in [0.5, 0.6) is 5.88 Å². The van der Waals surface area contributed by atoms with E-state index in [4.69, 9.17) is 10.5 Å². The summed E-state index contributed by atoms with van der Waals surface area (Å²) in [6, 6.07) is 1.88. The van der Waals surface area contributed by atoms with Crippen LogP contribution in [0.15, 0.2) is 12.3 Å². The quantitative estimate of drug-likeness (QED) is 0.731. The first kappa shape index (κ1) is 11.8. The highest BCUT2D eigenvalue weighted by Gasteiger charge is 1.98. The predicted octanol–water partition coefficient (Wildman–Crippen LogP) is 2.93. The van der Waals surface area contributed by atoms with Gasteiger partial charge in [0.15, 0.2) is 0 Å². The van der Waals surface area contributed by atoms with Gasteiger partial charge < -0.3 is 10.5 Å². The van der Waals surface area contributed by atoms with Gasteiger partial charge in [-0.2, -0.15) is 0 Å². The highest BCUT2D eigenvalue weighted by atomic mass is 16.5. The van der Waals surface area contributed by atoms with E-state index in [1.54, 1.807) is 6.20 Å². The van der Waals surface area contributed by atoms with Crippen LogP contribution < -0.4 is 10.5 Å². The first-order chi connectivity index (χ1) is 7.24. The van der Waals surface area contributed by atoms with E-state index in [0.717, 1.165) is 18.6 Å². The normalized spacial score (nSPS) is 10.3. The maximum Gasteiger partial charge on any atom is 0.213 e. The molecule has 0 atom stereocenters. The number of unbranched alkanes of at least 4 members (excludes halogenated alkanes) is 3. The van der Waals surface area contributed by atoms with E-state index < -0.39 is 0 Å². The fourth-order valence-electron chi connectivity index (χ4n) is 1.33. The molecule has 0 bridgehead atoms. The molecule has 0 aliphatic carbocycles. The molecule has 0 aliphatic rings. The van der Waals surface area contributed by atoms with E-state index in [0.29, 0.717) is 11.6 Å². The Labute approximate surface area is 91.7 Å². The summed E-state index contributed by atoms with van der Waals surface area (Å²) in [5, 5.41) is 0. The van der Waals surface area contributed by atoms with Gasteiger partial charge in [0.1, 0.15) is 0 Å². The Balaban J connectivity index is 2.28. The highest BCUT2D eigenvalue weighted by Crippen LogP contribution is 2.15. The van der Waals surface area contributed by atoms with E-state index in [9.17, 15) is 0 Å². The zero-order valence-electron chi connectivity index (χ0n) is 9.62. The summed E-state index contributed by atoms with van der Waals surface area (Å²) in [6.07, 6.45) is 6.50.